The summed E-state index contributed by atoms with van der Waals surface area (Å²) in [5.41, 5.74) is 0.429. The maximum Gasteiger partial charge on any atom is 0.271 e. The van der Waals surface area contributed by atoms with Gasteiger partial charge in [0.15, 0.2) is 0 Å². The molecule has 0 spiro atoms. The smallest absolute Gasteiger partial charge is 0.271 e. The van der Waals surface area contributed by atoms with Gasteiger partial charge in [-0.15, -0.1) is 11.8 Å². The molecule has 94 valence electrons. The molecule has 0 aromatic carbocycles. The van der Waals surface area contributed by atoms with Crippen LogP contribution in [0.3, 0.4) is 0 Å². The zero-order valence-corrected chi connectivity index (χ0v) is 11.4. The highest BCUT2D eigenvalue weighted by atomic mass is 32.2. The van der Waals surface area contributed by atoms with Crippen LogP contribution in [0.25, 0.3) is 0 Å². The predicted molar refractivity (Wildman–Crippen MR) is 69.3 cm³/mol. The minimum Gasteiger partial charge on any atom is -0.392 e. The lowest BCUT2D eigenvalue weighted by Gasteiger charge is -2.15. The van der Waals surface area contributed by atoms with Crippen LogP contribution in [0.2, 0.25) is 0 Å². The van der Waals surface area contributed by atoms with E-state index in [9.17, 15) is 9.90 Å². The van der Waals surface area contributed by atoms with Crippen LogP contribution in [0.5, 0.6) is 0 Å². The number of aromatic nitrogens is 1. The fraction of sp³-hybridized carbons (Fsp3) is 0.500. The van der Waals surface area contributed by atoms with Crippen molar-refractivity contribution >= 4 is 17.7 Å². The normalized spacial score (nSPS) is 14.2. The van der Waals surface area contributed by atoms with E-state index >= 15 is 0 Å². The van der Waals surface area contributed by atoms with E-state index in [1.807, 2.05) is 13.0 Å². The van der Waals surface area contributed by atoms with Crippen molar-refractivity contribution in [3.05, 3.63) is 24.0 Å². The Labute approximate surface area is 106 Å². The van der Waals surface area contributed by atoms with E-state index in [-0.39, 0.29) is 17.3 Å². The number of hydrogen-bond acceptors (Lipinski definition) is 4. The molecule has 0 fully saturated rings. The summed E-state index contributed by atoms with van der Waals surface area (Å²) in [5, 5.41) is 9.52. The van der Waals surface area contributed by atoms with E-state index in [4.69, 9.17) is 0 Å². The van der Waals surface area contributed by atoms with Crippen molar-refractivity contribution in [2.75, 3.05) is 14.1 Å². The number of nitrogens with zero attached hydrogens (tertiary/aromatic N) is 2. The molecule has 0 saturated heterocycles. The topological polar surface area (TPSA) is 53.4 Å². The Bertz CT molecular complexity index is 394. The molecule has 5 heteroatoms. The number of aliphatic hydroxyl groups excluding tert-OH is 1. The first-order valence-corrected chi connectivity index (χ1v) is 6.32. The molecule has 1 heterocycles. The molecule has 2 unspecified atom stereocenters. The number of amides is 1. The first-order valence-electron chi connectivity index (χ1n) is 5.44. The molecule has 0 aliphatic heterocycles. The minimum atomic E-state index is -0.388. The van der Waals surface area contributed by atoms with Crippen LogP contribution in [0.4, 0.5) is 0 Å². The maximum atomic E-state index is 11.7. The summed E-state index contributed by atoms with van der Waals surface area (Å²) in [7, 11) is 3.39. The molecule has 1 aromatic rings. The van der Waals surface area contributed by atoms with Crippen molar-refractivity contribution in [1.82, 2.24) is 9.88 Å². The summed E-state index contributed by atoms with van der Waals surface area (Å²) in [5.74, 6) is -0.114. The van der Waals surface area contributed by atoms with Crippen molar-refractivity contribution in [2.45, 2.75) is 30.1 Å². The standard InChI is InChI=1S/C12H18N2O2S/c1-8(15)9(2)17-10-5-6-13-11(7-10)12(16)14(3)4/h5-9,15H,1-4H3. The van der Waals surface area contributed by atoms with E-state index in [0.717, 1.165) is 4.90 Å². The number of rotatable bonds is 4. The van der Waals surface area contributed by atoms with Crippen molar-refractivity contribution < 1.29 is 9.90 Å². The number of aliphatic hydroxyl groups is 1. The summed E-state index contributed by atoms with van der Waals surface area (Å²) < 4.78 is 0. The molecule has 0 aliphatic rings. The largest absolute Gasteiger partial charge is 0.392 e. The van der Waals surface area contributed by atoms with Crippen LogP contribution in [0, 0.1) is 0 Å². The molecule has 4 nitrogen and oxygen atoms in total. The van der Waals surface area contributed by atoms with Gasteiger partial charge >= 0.3 is 0 Å². The van der Waals surface area contributed by atoms with Crippen LogP contribution in [-0.4, -0.2) is 46.3 Å². The average Bonchev–Trinajstić information content (AvgIpc) is 2.28. The highest BCUT2D eigenvalue weighted by Crippen LogP contribution is 2.25. The SMILES string of the molecule is CC(O)C(C)Sc1ccnc(C(=O)N(C)C)c1. The first kappa shape index (κ1) is 14.0. The molecule has 0 bridgehead atoms. The molecule has 1 amide bonds. The monoisotopic (exact) mass is 254 g/mol. The van der Waals surface area contributed by atoms with Gasteiger partial charge in [-0.3, -0.25) is 9.78 Å². The summed E-state index contributed by atoms with van der Waals surface area (Å²) in [6.45, 7) is 3.70. The Hall–Kier alpha value is -1.07. The van der Waals surface area contributed by atoms with Gasteiger partial charge in [0.1, 0.15) is 5.69 Å². The third-order valence-corrected chi connectivity index (χ3v) is 3.65. The van der Waals surface area contributed by atoms with E-state index < -0.39 is 0 Å². The number of thioether (sulfide) groups is 1. The number of hydrogen-bond donors (Lipinski definition) is 1. The van der Waals surface area contributed by atoms with Gasteiger partial charge < -0.3 is 10.0 Å². The highest BCUT2D eigenvalue weighted by molar-refractivity contribution is 8.00. The maximum absolute atomic E-state index is 11.7. The molecule has 1 N–H and O–H groups in total. The Morgan fingerprint density at radius 1 is 1.47 bits per heavy atom. The lowest BCUT2D eigenvalue weighted by molar-refractivity contribution is 0.0821. The summed E-state index contributed by atoms with van der Waals surface area (Å²) in [4.78, 5) is 18.2. The van der Waals surface area contributed by atoms with Gasteiger partial charge in [0.05, 0.1) is 6.10 Å². The number of pyridine rings is 1. The predicted octanol–water partition coefficient (Wildman–Crippen LogP) is 1.64. The quantitative estimate of drug-likeness (QED) is 0.830. The third kappa shape index (κ3) is 4.02. The molecule has 1 rings (SSSR count). The second-order valence-corrected chi connectivity index (χ2v) is 5.59. The fourth-order valence-corrected chi connectivity index (χ4v) is 2.09. The number of carbonyl (C=O) groups is 1. The van der Waals surface area contributed by atoms with Crippen molar-refractivity contribution in [3.63, 3.8) is 0 Å². The van der Waals surface area contributed by atoms with Crippen molar-refractivity contribution in [3.8, 4) is 0 Å². The van der Waals surface area contributed by atoms with Crippen LogP contribution >= 0.6 is 11.8 Å². The van der Waals surface area contributed by atoms with E-state index in [1.165, 1.54) is 16.7 Å². The lowest BCUT2D eigenvalue weighted by atomic mass is 10.3. The molecule has 0 aliphatic carbocycles. The summed E-state index contributed by atoms with van der Waals surface area (Å²) in [6.07, 6.45) is 1.23. The molecule has 17 heavy (non-hydrogen) atoms. The van der Waals surface area contributed by atoms with E-state index in [0.29, 0.717) is 5.69 Å². The Kier molecular flexibility index (Phi) is 4.96. The minimum absolute atomic E-state index is 0.0831. The van der Waals surface area contributed by atoms with Crippen molar-refractivity contribution in [1.29, 1.82) is 0 Å². The first-order chi connectivity index (χ1) is 7.91. The van der Waals surface area contributed by atoms with Gasteiger partial charge in [-0.2, -0.15) is 0 Å². The Balaban J connectivity index is 2.83. The van der Waals surface area contributed by atoms with Gasteiger partial charge in [-0.1, -0.05) is 6.92 Å². The van der Waals surface area contributed by atoms with Gasteiger partial charge in [-0.25, -0.2) is 0 Å². The molecule has 2 atom stereocenters. The zero-order valence-electron chi connectivity index (χ0n) is 10.5. The van der Waals surface area contributed by atoms with Gasteiger partial charge in [-0.05, 0) is 19.1 Å². The van der Waals surface area contributed by atoms with Gasteiger partial charge in [0.25, 0.3) is 5.91 Å². The van der Waals surface area contributed by atoms with Crippen LogP contribution in [-0.2, 0) is 0 Å². The third-order valence-electron chi connectivity index (χ3n) is 2.36. The van der Waals surface area contributed by atoms with Gasteiger partial charge in [0.2, 0.25) is 0 Å². The average molecular weight is 254 g/mol. The molecular formula is C12H18N2O2S. The second-order valence-electron chi connectivity index (χ2n) is 4.14. The van der Waals surface area contributed by atoms with Crippen LogP contribution in [0.15, 0.2) is 23.2 Å². The second kappa shape index (κ2) is 6.02. The molecular weight excluding hydrogens is 236 g/mol. The van der Waals surface area contributed by atoms with E-state index in [2.05, 4.69) is 4.98 Å². The van der Waals surface area contributed by atoms with Crippen molar-refractivity contribution in [2.24, 2.45) is 0 Å². The molecule has 1 aromatic heterocycles. The highest BCUT2D eigenvalue weighted by Gasteiger charge is 2.13. The Morgan fingerprint density at radius 3 is 2.65 bits per heavy atom. The summed E-state index contributed by atoms with van der Waals surface area (Å²) >= 11 is 1.53. The molecule has 0 saturated carbocycles. The van der Waals surface area contributed by atoms with Crippen LogP contribution in [0.1, 0.15) is 24.3 Å². The summed E-state index contributed by atoms with van der Waals surface area (Å²) in [6, 6.07) is 3.60. The molecule has 0 radical (unpaired) electrons. The van der Waals surface area contributed by atoms with E-state index in [1.54, 1.807) is 33.3 Å². The van der Waals surface area contributed by atoms with Crippen LogP contribution < -0.4 is 0 Å². The Morgan fingerprint density at radius 2 is 2.12 bits per heavy atom. The number of carbonyl (C=O) groups excluding carboxylic acids is 1. The zero-order chi connectivity index (χ0) is 13.0. The lowest BCUT2D eigenvalue weighted by Crippen LogP contribution is -2.22. The fourth-order valence-electron chi connectivity index (χ4n) is 1.14. The van der Waals surface area contributed by atoms with Gasteiger partial charge in [0, 0.05) is 30.4 Å².